The molecule has 0 radical (unpaired) electrons. The van der Waals surface area contributed by atoms with Crippen LogP contribution in [-0.2, 0) is 9.59 Å². The summed E-state index contributed by atoms with van der Waals surface area (Å²) in [6, 6.07) is 5.43. The molecule has 0 saturated heterocycles. The van der Waals surface area contributed by atoms with E-state index >= 15 is 0 Å². The van der Waals surface area contributed by atoms with Gasteiger partial charge in [0.2, 0.25) is 11.8 Å². The van der Waals surface area contributed by atoms with E-state index in [-0.39, 0.29) is 11.8 Å². The van der Waals surface area contributed by atoms with Crippen LogP contribution in [-0.4, -0.2) is 29.8 Å². The Balaban J connectivity index is 2.41. The summed E-state index contributed by atoms with van der Waals surface area (Å²) in [7, 11) is 0. The molecule has 0 unspecified atom stereocenters. The van der Waals surface area contributed by atoms with Gasteiger partial charge in [-0.15, -0.1) is 0 Å². The minimum absolute atomic E-state index is 0.0796. The molecule has 1 aromatic rings. The number of hydrogen-bond donors (Lipinski definition) is 2. The van der Waals surface area contributed by atoms with E-state index in [2.05, 4.69) is 19.2 Å². The van der Waals surface area contributed by atoms with Crippen molar-refractivity contribution in [2.24, 2.45) is 0 Å². The highest BCUT2D eigenvalue weighted by Gasteiger charge is 2.12. The molecular formula is C18H29N3O2. The fourth-order valence-electron chi connectivity index (χ4n) is 2.45. The second-order valence-electron chi connectivity index (χ2n) is 5.86. The van der Waals surface area contributed by atoms with Gasteiger partial charge < -0.3 is 16.0 Å². The number of nitrogens with two attached hydrogens (primary N) is 1. The van der Waals surface area contributed by atoms with Crippen LogP contribution in [0.25, 0.3) is 0 Å². The summed E-state index contributed by atoms with van der Waals surface area (Å²) in [6.45, 7) is 7.64. The van der Waals surface area contributed by atoms with Crippen molar-refractivity contribution in [3.8, 4) is 0 Å². The molecule has 0 aliphatic rings. The SMILES string of the molecule is CCCN(CCC)C(=O)CCCC(=O)Nc1cc(N)ccc1C. The molecule has 2 amide bonds. The summed E-state index contributed by atoms with van der Waals surface area (Å²) in [5.74, 6) is 0.0608. The van der Waals surface area contributed by atoms with Crippen molar-refractivity contribution < 1.29 is 9.59 Å². The molecule has 128 valence electrons. The quantitative estimate of drug-likeness (QED) is 0.685. The largest absolute Gasteiger partial charge is 0.399 e. The summed E-state index contributed by atoms with van der Waals surface area (Å²) in [6.07, 6.45) is 3.24. The highest BCUT2D eigenvalue weighted by atomic mass is 16.2. The number of amides is 2. The van der Waals surface area contributed by atoms with Crippen LogP contribution in [0.15, 0.2) is 18.2 Å². The van der Waals surface area contributed by atoms with Crippen LogP contribution in [0.4, 0.5) is 11.4 Å². The van der Waals surface area contributed by atoms with E-state index in [4.69, 9.17) is 5.73 Å². The Kier molecular flexibility index (Phi) is 8.16. The van der Waals surface area contributed by atoms with E-state index in [0.717, 1.165) is 37.2 Å². The Morgan fingerprint density at radius 2 is 1.78 bits per heavy atom. The van der Waals surface area contributed by atoms with Gasteiger partial charge in [0.15, 0.2) is 0 Å². The lowest BCUT2D eigenvalue weighted by atomic mass is 10.1. The third kappa shape index (κ3) is 6.72. The fourth-order valence-corrected chi connectivity index (χ4v) is 2.45. The maximum atomic E-state index is 12.1. The number of benzene rings is 1. The molecule has 0 heterocycles. The van der Waals surface area contributed by atoms with E-state index in [1.807, 2.05) is 17.9 Å². The smallest absolute Gasteiger partial charge is 0.224 e. The van der Waals surface area contributed by atoms with Gasteiger partial charge in [-0.25, -0.2) is 0 Å². The number of carbonyl (C=O) groups excluding carboxylic acids is 2. The molecule has 3 N–H and O–H groups in total. The summed E-state index contributed by atoms with van der Waals surface area (Å²) in [4.78, 5) is 26.0. The highest BCUT2D eigenvalue weighted by molar-refractivity contribution is 5.92. The molecule has 0 aromatic heterocycles. The molecule has 0 aliphatic carbocycles. The second-order valence-corrected chi connectivity index (χ2v) is 5.86. The molecule has 1 aromatic carbocycles. The number of nitrogens with zero attached hydrogens (tertiary/aromatic N) is 1. The number of carbonyl (C=O) groups is 2. The molecule has 0 atom stereocenters. The number of nitrogen functional groups attached to an aromatic ring is 1. The van der Waals surface area contributed by atoms with Crippen LogP contribution >= 0.6 is 0 Å². The Labute approximate surface area is 139 Å². The molecule has 5 nitrogen and oxygen atoms in total. The van der Waals surface area contributed by atoms with Crippen LogP contribution in [0.3, 0.4) is 0 Å². The van der Waals surface area contributed by atoms with Gasteiger partial charge in [-0.3, -0.25) is 9.59 Å². The Bertz CT molecular complexity index is 523. The van der Waals surface area contributed by atoms with Crippen LogP contribution in [0.1, 0.15) is 51.5 Å². The van der Waals surface area contributed by atoms with Crippen molar-refractivity contribution in [3.05, 3.63) is 23.8 Å². The highest BCUT2D eigenvalue weighted by Crippen LogP contribution is 2.18. The first-order chi connectivity index (χ1) is 11.0. The molecule has 1 rings (SSSR count). The predicted octanol–water partition coefficient (Wildman–Crippen LogP) is 3.33. The minimum Gasteiger partial charge on any atom is -0.399 e. The number of hydrogen-bond acceptors (Lipinski definition) is 3. The summed E-state index contributed by atoms with van der Waals surface area (Å²) < 4.78 is 0. The lowest BCUT2D eigenvalue weighted by Gasteiger charge is -2.21. The molecule has 5 heteroatoms. The van der Waals surface area contributed by atoms with Gasteiger partial charge in [-0.2, -0.15) is 0 Å². The zero-order valence-corrected chi connectivity index (χ0v) is 14.5. The van der Waals surface area contributed by atoms with Crippen molar-refractivity contribution >= 4 is 23.2 Å². The Hall–Kier alpha value is -2.04. The Morgan fingerprint density at radius 3 is 2.39 bits per heavy atom. The number of nitrogens with one attached hydrogen (secondary N) is 1. The van der Waals surface area contributed by atoms with Crippen molar-refractivity contribution in [3.63, 3.8) is 0 Å². The minimum atomic E-state index is -0.0796. The maximum Gasteiger partial charge on any atom is 0.224 e. The third-order valence-electron chi connectivity index (χ3n) is 3.67. The lowest BCUT2D eigenvalue weighted by molar-refractivity contribution is -0.131. The monoisotopic (exact) mass is 319 g/mol. The van der Waals surface area contributed by atoms with Gasteiger partial charge in [-0.1, -0.05) is 19.9 Å². The molecule has 0 bridgehead atoms. The molecule has 0 saturated carbocycles. The van der Waals surface area contributed by atoms with Gasteiger partial charge in [0, 0.05) is 37.3 Å². The molecule has 0 aliphatic heterocycles. The number of anilines is 2. The second kappa shape index (κ2) is 9.87. The predicted molar refractivity (Wildman–Crippen MR) is 95.2 cm³/mol. The first-order valence-corrected chi connectivity index (χ1v) is 8.41. The maximum absolute atomic E-state index is 12.1. The number of aryl methyl sites for hydroxylation is 1. The van der Waals surface area contributed by atoms with Crippen LogP contribution in [0, 0.1) is 6.92 Å². The van der Waals surface area contributed by atoms with E-state index in [0.29, 0.717) is 24.9 Å². The van der Waals surface area contributed by atoms with Gasteiger partial charge in [0.25, 0.3) is 0 Å². The lowest BCUT2D eigenvalue weighted by Crippen LogP contribution is -2.32. The standard InChI is InChI=1S/C18H29N3O2/c1-4-11-21(12-5-2)18(23)8-6-7-17(22)20-16-13-15(19)10-9-14(16)3/h9-10,13H,4-8,11-12,19H2,1-3H3,(H,20,22). The topological polar surface area (TPSA) is 75.4 Å². The van der Waals surface area contributed by atoms with Gasteiger partial charge in [-0.05, 0) is 43.9 Å². The Morgan fingerprint density at radius 1 is 1.13 bits per heavy atom. The summed E-state index contributed by atoms with van der Waals surface area (Å²) in [5.41, 5.74) is 8.06. The first-order valence-electron chi connectivity index (χ1n) is 8.41. The first kappa shape index (κ1) is 19.0. The van der Waals surface area contributed by atoms with Crippen LogP contribution in [0.5, 0.6) is 0 Å². The summed E-state index contributed by atoms with van der Waals surface area (Å²) in [5, 5.41) is 2.86. The average molecular weight is 319 g/mol. The zero-order valence-electron chi connectivity index (χ0n) is 14.5. The average Bonchev–Trinajstić information content (AvgIpc) is 2.50. The van der Waals surface area contributed by atoms with Crippen LogP contribution in [0.2, 0.25) is 0 Å². The fraction of sp³-hybridized carbons (Fsp3) is 0.556. The van der Waals surface area contributed by atoms with E-state index in [9.17, 15) is 9.59 Å². The summed E-state index contributed by atoms with van der Waals surface area (Å²) >= 11 is 0. The molecule has 0 fully saturated rings. The molecule has 23 heavy (non-hydrogen) atoms. The van der Waals surface area contributed by atoms with Crippen molar-refractivity contribution in [1.29, 1.82) is 0 Å². The normalized spacial score (nSPS) is 10.4. The van der Waals surface area contributed by atoms with Crippen LogP contribution < -0.4 is 11.1 Å². The van der Waals surface area contributed by atoms with Gasteiger partial charge in [0.1, 0.15) is 0 Å². The van der Waals surface area contributed by atoms with E-state index in [1.54, 1.807) is 12.1 Å². The molecular weight excluding hydrogens is 290 g/mol. The molecule has 0 spiro atoms. The van der Waals surface area contributed by atoms with Crippen molar-refractivity contribution in [1.82, 2.24) is 4.90 Å². The van der Waals surface area contributed by atoms with Crippen molar-refractivity contribution in [2.45, 2.75) is 52.9 Å². The van der Waals surface area contributed by atoms with Crippen molar-refractivity contribution in [2.75, 3.05) is 24.1 Å². The van der Waals surface area contributed by atoms with E-state index in [1.165, 1.54) is 0 Å². The van der Waals surface area contributed by atoms with Gasteiger partial charge >= 0.3 is 0 Å². The third-order valence-corrected chi connectivity index (χ3v) is 3.67. The van der Waals surface area contributed by atoms with E-state index < -0.39 is 0 Å². The zero-order chi connectivity index (χ0) is 17.2. The number of rotatable bonds is 9. The van der Waals surface area contributed by atoms with Gasteiger partial charge in [0.05, 0.1) is 0 Å².